The molecule has 0 spiro atoms. The van der Waals surface area contributed by atoms with Gasteiger partial charge in [-0.2, -0.15) is 5.10 Å². The van der Waals surface area contributed by atoms with Crippen LogP contribution in [0.2, 0.25) is 0 Å². The number of hydrogen-bond acceptors (Lipinski definition) is 3. The van der Waals surface area contributed by atoms with E-state index in [9.17, 15) is 4.79 Å². The summed E-state index contributed by atoms with van der Waals surface area (Å²) >= 11 is 0. The van der Waals surface area contributed by atoms with E-state index >= 15 is 0 Å². The van der Waals surface area contributed by atoms with Crippen LogP contribution in [0.25, 0.3) is 0 Å². The minimum absolute atomic E-state index is 0.218. The van der Waals surface area contributed by atoms with Crippen molar-refractivity contribution >= 4 is 11.6 Å². The Bertz CT molecular complexity index is 509. The molecule has 1 aliphatic rings. The number of allylic oxidation sites excluding steroid dienone is 2. The summed E-state index contributed by atoms with van der Waals surface area (Å²) in [6, 6.07) is 1.72. The van der Waals surface area contributed by atoms with E-state index in [1.165, 1.54) is 5.57 Å². The Morgan fingerprint density at radius 1 is 1.35 bits per heavy atom. The van der Waals surface area contributed by atoms with E-state index in [1.54, 1.807) is 13.0 Å². The van der Waals surface area contributed by atoms with Gasteiger partial charge in [0.2, 0.25) is 0 Å². The van der Waals surface area contributed by atoms with Crippen LogP contribution < -0.4 is 5.43 Å². The van der Waals surface area contributed by atoms with Crippen LogP contribution in [0, 0.1) is 13.8 Å². The molecule has 2 rings (SSSR count). The second-order valence-electron chi connectivity index (χ2n) is 4.36. The number of hydrogen-bond donors (Lipinski definition) is 1. The van der Waals surface area contributed by atoms with Crippen LogP contribution in [0.4, 0.5) is 0 Å². The summed E-state index contributed by atoms with van der Waals surface area (Å²) in [5, 5.41) is 4.10. The van der Waals surface area contributed by atoms with Crippen LogP contribution in [0.5, 0.6) is 0 Å². The third-order valence-corrected chi connectivity index (χ3v) is 2.78. The maximum atomic E-state index is 11.8. The van der Waals surface area contributed by atoms with Crippen molar-refractivity contribution in [1.29, 1.82) is 0 Å². The monoisotopic (exact) mass is 232 g/mol. The number of amides is 1. The number of carbonyl (C=O) groups is 1. The predicted molar refractivity (Wildman–Crippen MR) is 66.1 cm³/mol. The summed E-state index contributed by atoms with van der Waals surface area (Å²) in [5.74, 6) is 1.14. The average molecular weight is 232 g/mol. The number of hydrazone groups is 1. The van der Waals surface area contributed by atoms with Gasteiger partial charge in [-0.05, 0) is 45.8 Å². The maximum Gasteiger partial charge on any atom is 0.274 e. The SMILES string of the molecule is CC1=CC(=NNC(=O)c2cc(C)oc2C)CC1. The summed E-state index contributed by atoms with van der Waals surface area (Å²) in [5.41, 5.74) is 5.33. The van der Waals surface area contributed by atoms with Crippen molar-refractivity contribution in [3.63, 3.8) is 0 Å². The average Bonchev–Trinajstić information content (AvgIpc) is 2.81. The zero-order chi connectivity index (χ0) is 12.4. The first-order valence-electron chi connectivity index (χ1n) is 5.67. The highest BCUT2D eigenvalue weighted by molar-refractivity contribution is 6.00. The van der Waals surface area contributed by atoms with Crippen molar-refractivity contribution < 1.29 is 9.21 Å². The molecule has 0 saturated heterocycles. The Kier molecular flexibility index (Phi) is 3.13. The van der Waals surface area contributed by atoms with E-state index in [4.69, 9.17) is 4.42 Å². The van der Waals surface area contributed by atoms with Gasteiger partial charge in [-0.3, -0.25) is 4.79 Å². The Labute approximate surface area is 100 Å². The van der Waals surface area contributed by atoms with Crippen molar-refractivity contribution in [1.82, 2.24) is 5.43 Å². The highest BCUT2D eigenvalue weighted by Gasteiger charge is 2.13. The van der Waals surface area contributed by atoms with Gasteiger partial charge in [-0.1, -0.05) is 5.57 Å². The number of aryl methyl sites for hydroxylation is 2. The zero-order valence-corrected chi connectivity index (χ0v) is 10.3. The summed E-state index contributed by atoms with van der Waals surface area (Å²) in [7, 11) is 0. The molecule has 0 radical (unpaired) electrons. The third-order valence-electron chi connectivity index (χ3n) is 2.78. The lowest BCUT2D eigenvalue weighted by atomic mass is 10.2. The molecule has 90 valence electrons. The van der Waals surface area contributed by atoms with Crippen LogP contribution in [0.1, 0.15) is 41.6 Å². The molecule has 1 N–H and O–H groups in total. The van der Waals surface area contributed by atoms with Gasteiger partial charge in [0.1, 0.15) is 11.5 Å². The van der Waals surface area contributed by atoms with E-state index in [0.29, 0.717) is 11.3 Å². The van der Waals surface area contributed by atoms with Crippen LogP contribution in [0.3, 0.4) is 0 Å². The van der Waals surface area contributed by atoms with Gasteiger partial charge in [0.25, 0.3) is 5.91 Å². The van der Waals surface area contributed by atoms with Crippen molar-refractivity contribution in [2.45, 2.75) is 33.6 Å². The number of carbonyl (C=O) groups excluding carboxylic acids is 1. The van der Waals surface area contributed by atoms with E-state index in [-0.39, 0.29) is 5.91 Å². The molecule has 4 nitrogen and oxygen atoms in total. The third kappa shape index (κ3) is 2.64. The first-order chi connectivity index (χ1) is 8.06. The topological polar surface area (TPSA) is 54.6 Å². The van der Waals surface area contributed by atoms with Gasteiger partial charge >= 0.3 is 0 Å². The van der Waals surface area contributed by atoms with Crippen LogP contribution in [-0.2, 0) is 0 Å². The van der Waals surface area contributed by atoms with Crippen molar-refractivity contribution in [2.75, 3.05) is 0 Å². The molecule has 0 unspecified atom stereocenters. The lowest BCUT2D eigenvalue weighted by Crippen LogP contribution is -2.19. The second kappa shape index (κ2) is 4.57. The number of rotatable bonds is 2. The molecule has 0 saturated carbocycles. The highest BCUT2D eigenvalue weighted by Crippen LogP contribution is 2.15. The fourth-order valence-electron chi connectivity index (χ4n) is 1.88. The first kappa shape index (κ1) is 11.6. The quantitative estimate of drug-likeness (QED) is 0.797. The molecular weight excluding hydrogens is 216 g/mol. The fraction of sp³-hybridized carbons (Fsp3) is 0.385. The largest absolute Gasteiger partial charge is 0.466 e. The molecule has 0 fully saturated rings. The molecule has 1 aromatic heterocycles. The molecule has 1 heterocycles. The molecule has 0 atom stereocenters. The van der Waals surface area contributed by atoms with Gasteiger partial charge in [0.15, 0.2) is 0 Å². The van der Waals surface area contributed by atoms with Crippen molar-refractivity contribution in [2.24, 2.45) is 5.10 Å². The molecular formula is C13H16N2O2. The molecule has 4 heteroatoms. The minimum atomic E-state index is -0.218. The van der Waals surface area contributed by atoms with Gasteiger partial charge in [0, 0.05) is 0 Å². The van der Waals surface area contributed by atoms with E-state index in [2.05, 4.69) is 17.5 Å². The second-order valence-corrected chi connectivity index (χ2v) is 4.36. The van der Waals surface area contributed by atoms with Crippen LogP contribution in [0.15, 0.2) is 27.2 Å². The Morgan fingerprint density at radius 2 is 2.12 bits per heavy atom. The van der Waals surface area contributed by atoms with Gasteiger partial charge in [-0.25, -0.2) is 5.43 Å². The number of nitrogens with one attached hydrogen (secondary N) is 1. The molecule has 0 aliphatic heterocycles. The predicted octanol–water partition coefficient (Wildman–Crippen LogP) is 2.72. The highest BCUT2D eigenvalue weighted by atomic mass is 16.3. The summed E-state index contributed by atoms with van der Waals surface area (Å²) in [6.07, 6.45) is 3.93. The van der Waals surface area contributed by atoms with Crippen LogP contribution >= 0.6 is 0 Å². The van der Waals surface area contributed by atoms with E-state index in [1.807, 2.05) is 13.0 Å². The Morgan fingerprint density at radius 3 is 2.65 bits per heavy atom. The molecule has 1 aliphatic carbocycles. The standard InChI is InChI=1S/C13H16N2O2/c1-8-4-5-11(6-8)14-15-13(16)12-7-9(2)17-10(12)3/h6-7H,4-5H2,1-3H3,(H,15,16). The number of furan rings is 1. The number of nitrogens with zero attached hydrogens (tertiary/aromatic N) is 1. The van der Waals surface area contributed by atoms with Gasteiger partial charge in [0.05, 0.1) is 11.3 Å². The van der Waals surface area contributed by atoms with Gasteiger partial charge in [-0.15, -0.1) is 0 Å². The minimum Gasteiger partial charge on any atom is -0.466 e. The maximum absolute atomic E-state index is 11.8. The summed E-state index contributed by atoms with van der Waals surface area (Å²) < 4.78 is 5.30. The lowest BCUT2D eigenvalue weighted by molar-refractivity contribution is 0.0953. The molecule has 1 aromatic rings. The van der Waals surface area contributed by atoms with E-state index < -0.39 is 0 Å². The van der Waals surface area contributed by atoms with Gasteiger partial charge < -0.3 is 4.42 Å². The first-order valence-corrected chi connectivity index (χ1v) is 5.67. The Balaban J connectivity index is 2.05. The van der Waals surface area contributed by atoms with Crippen LogP contribution in [-0.4, -0.2) is 11.6 Å². The normalized spacial score (nSPS) is 17.4. The zero-order valence-electron chi connectivity index (χ0n) is 10.3. The summed E-state index contributed by atoms with van der Waals surface area (Å²) in [6.45, 7) is 5.65. The molecule has 0 bridgehead atoms. The Hall–Kier alpha value is -1.84. The smallest absolute Gasteiger partial charge is 0.274 e. The molecule has 1 amide bonds. The van der Waals surface area contributed by atoms with Crippen molar-refractivity contribution in [3.8, 4) is 0 Å². The molecule has 0 aromatic carbocycles. The summed E-state index contributed by atoms with van der Waals surface area (Å²) in [4.78, 5) is 11.8. The fourth-order valence-corrected chi connectivity index (χ4v) is 1.88. The van der Waals surface area contributed by atoms with Crippen molar-refractivity contribution in [3.05, 3.63) is 34.8 Å². The molecule has 17 heavy (non-hydrogen) atoms. The van der Waals surface area contributed by atoms with E-state index in [0.717, 1.165) is 24.3 Å². The lowest BCUT2D eigenvalue weighted by Gasteiger charge is -1.98.